The predicted molar refractivity (Wildman–Crippen MR) is 260 cm³/mol. The Morgan fingerprint density at radius 2 is 0.839 bits per heavy atom. The molecule has 0 heterocycles. The number of phosphoric acid groups is 4. The summed E-state index contributed by atoms with van der Waals surface area (Å²) in [6.45, 7) is 0.851. The first-order valence-corrected chi connectivity index (χ1v) is 21.5. The monoisotopic (exact) mass is 1000 g/mol. The molecule has 0 spiro atoms. The average Bonchev–Trinajstić information content (AvgIpc) is 3.14. The molecule has 0 aromatic heterocycles. The van der Waals surface area contributed by atoms with E-state index in [0.29, 0.717) is 0 Å². The third-order valence-electron chi connectivity index (χ3n) is 5.70. The van der Waals surface area contributed by atoms with Gasteiger partial charge >= 0.3 is 43.2 Å². The molecule has 1 saturated carbocycles. The number of esters is 2. The van der Waals surface area contributed by atoms with E-state index >= 15 is 0 Å². The number of aliphatic hydroxyl groups excluding tert-OH is 2. The van der Waals surface area contributed by atoms with Gasteiger partial charge in [-0.25, -0.2) is 27.8 Å². The molecular weight excluding hydrogens is 928 g/mol. The van der Waals surface area contributed by atoms with Gasteiger partial charge in [0, 0.05) is 44.7 Å². The smallest absolute Gasteiger partial charge is 0.452 e. The van der Waals surface area contributed by atoms with E-state index in [-0.39, 0.29) is 46.3 Å². The molecule has 372 valence electrons. The summed E-state index contributed by atoms with van der Waals surface area (Å²) in [6, 6.07) is 0. The van der Waals surface area contributed by atoms with Crippen LogP contribution in [0.25, 0.3) is 0 Å². The van der Waals surface area contributed by atoms with Crippen molar-refractivity contribution in [2.45, 2.75) is 56.6 Å². The van der Waals surface area contributed by atoms with Gasteiger partial charge in [0.15, 0.2) is 6.10 Å². The summed E-state index contributed by atoms with van der Waals surface area (Å²) < 4.78 is 79.9. The van der Waals surface area contributed by atoms with E-state index in [1.807, 2.05) is 11.8 Å². The van der Waals surface area contributed by atoms with Crippen molar-refractivity contribution in [2.24, 2.45) is 0 Å². The minimum atomic E-state index is -5.85. The number of aliphatic hydroxyl groups is 2. The highest BCUT2D eigenvalue weighted by atomic mass is 32.1. The van der Waals surface area contributed by atoms with E-state index in [1.165, 1.54) is 0 Å². The summed E-state index contributed by atoms with van der Waals surface area (Å²) >= 11 is 0. The molecule has 1 fully saturated rings. The largest absolute Gasteiger partial charge is 0.472 e. The second kappa shape index (κ2) is 28.4. The molecule has 8 atom stereocenters. The lowest BCUT2D eigenvalue weighted by Crippen LogP contribution is -2.65. The number of rotatable bonds is 14. The van der Waals surface area contributed by atoms with E-state index in [2.05, 4.69) is 137 Å². The standard InChI is InChI=1S/C35H26O22P4.H2S.23H2/c1-3-5-7-9-11-13-14-16-18-20-22-24-29(37)53-27(25-51-28(36)23-21-19-17-15-12-10-8-6-4-2)26-52-61(49,50)57-32-30(38)33(54-58(40,41)42)35(56-60(46,47)48)34(31(32)39)55-59(43,44)45;;;;;;;;;;;;;;;;;;;;;;;;/h27,30-35,38-39H,25-26H2,1-2H3,(H,49,50)(H2,40,41,42)(H2,43,44,45)(H2,46,47,48);1H2;23*1H/t27-,30+,31?,32?,33+,34-,35?;;;;;;;;;;;;;;;;;;;;;;;;/m1......................../s1. The van der Waals surface area contributed by atoms with Crippen molar-refractivity contribution >= 4 is 56.7 Å². The number of hydrogen-bond donors (Lipinski definition) is 9. The van der Waals surface area contributed by atoms with Crippen LogP contribution in [0.3, 0.4) is 0 Å². The Balaban J connectivity index is -0.0000000705. The highest BCUT2D eigenvalue weighted by Gasteiger charge is 2.59. The van der Waals surface area contributed by atoms with Gasteiger partial charge in [-0.2, -0.15) is 13.5 Å². The zero-order chi connectivity index (χ0) is 46.1. The van der Waals surface area contributed by atoms with Crippen LogP contribution in [-0.4, -0.2) is 112 Å². The van der Waals surface area contributed by atoms with Gasteiger partial charge in [-0.1, -0.05) is 11.8 Å². The van der Waals surface area contributed by atoms with Gasteiger partial charge in [0.05, 0.1) is 6.61 Å². The zero-order valence-electron chi connectivity index (χ0n) is 31.1. The second-order valence-corrected chi connectivity index (χ2v) is 15.1. The summed E-state index contributed by atoms with van der Waals surface area (Å²) in [5.74, 6) is 47.4. The third-order valence-corrected chi connectivity index (χ3v) is 8.24. The Morgan fingerprint density at radius 3 is 1.21 bits per heavy atom. The lowest BCUT2D eigenvalue weighted by atomic mass is 9.85. The highest BCUT2D eigenvalue weighted by molar-refractivity contribution is 7.59. The number of carbonyl (C=O) groups excluding carboxylic acids is 2. The van der Waals surface area contributed by atoms with Crippen LogP contribution in [0.4, 0.5) is 0 Å². The minimum absolute atomic E-state index is 0. The van der Waals surface area contributed by atoms with Gasteiger partial charge in [0.2, 0.25) is 0 Å². The van der Waals surface area contributed by atoms with Crippen LogP contribution >= 0.6 is 44.8 Å². The lowest BCUT2D eigenvalue weighted by molar-refractivity contribution is -0.209. The van der Waals surface area contributed by atoms with Crippen molar-refractivity contribution in [2.75, 3.05) is 13.2 Å². The van der Waals surface area contributed by atoms with Gasteiger partial charge in [-0.15, -0.1) is 0 Å². The molecule has 4 unspecified atom stereocenters. The molecule has 1 aliphatic carbocycles. The van der Waals surface area contributed by atoms with Crippen LogP contribution in [0.2, 0.25) is 0 Å². The van der Waals surface area contributed by atoms with E-state index < -0.39 is 99.2 Å². The molecule has 0 radical (unpaired) electrons. The molecular formula is C35H74O22P4S. The fraction of sp³-hybridized carbons (Fsp3) is 0.314. The maximum atomic E-state index is 13.0. The van der Waals surface area contributed by atoms with Crippen LogP contribution in [0, 0.1) is 130 Å². The van der Waals surface area contributed by atoms with Gasteiger partial charge in [0.25, 0.3) is 0 Å². The van der Waals surface area contributed by atoms with Crippen molar-refractivity contribution in [3.63, 3.8) is 0 Å². The predicted octanol–water partition coefficient (Wildman–Crippen LogP) is 2.96. The summed E-state index contributed by atoms with van der Waals surface area (Å²) in [6.07, 6.45) is -18.9. The number of ether oxygens (including phenoxy) is 2. The van der Waals surface area contributed by atoms with Gasteiger partial charge in [-0.05, 0) is 120 Å². The first kappa shape index (κ1) is 56.8. The summed E-state index contributed by atoms with van der Waals surface area (Å²) in [7, 11) is -23.3. The average molecular weight is 1000 g/mol. The van der Waals surface area contributed by atoms with E-state index in [1.54, 1.807) is 13.8 Å². The normalized spacial score (nSPS) is 19.5. The van der Waals surface area contributed by atoms with Crippen molar-refractivity contribution in [3.05, 3.63) is 0 Å². The second-order valence-electron chi connectivity index (χ2n) is 10.1. The molecule has 27 heteroatoms. The van der Waals surface area contributed by atoms with Crippen molar-refractivity contribution < 1.29 is 137 Å². The Bertz CT molecular complexity index is 2630. The van der Waals surface area contributed by atoms with Crippen LogP contribution in [0.15, 0.2) is 0 Å². The molecule has 22 nitrogen and oxygen atoms in total. The van der Waals surface area contributed by atoms with E-state index in [4.69, 9.17) is 14.0 Å². The summed E-state index contributed by atoms with van der Waals surface area (Å²) in [5, 5.41) is 21.5. The van der Waals surface area contributed by atoms with Gasteiger partial charge in [-0.3, -0.25) is 22.6 Å². The van der Waals surface area contributed by atoms with Crippen molar-refractivity contribution in [1.82, 2.24) is 0 Å². The topological polar surface area (TPSA) is 349 Å². The summed E-state index contributed by atoms with van der Waals surface area (Å²) in [5.41, 5.74) is 0. The first-order valence-electron chi connectivity index (χ1n) is 15.4. The Kier molecular flexibility index (Phi) is 26.0. The molecule has 1 aliphatic rings. The molecule has 0 bridgehead atoms. The highest BCUT2D eigenvalue weighted by Crippen LogP contribution is 2.53. The Morgan fingerprint density at radius 1 is 0.500 bits per heavy atom. The zero-order valence-corrected chi connectivity index (χ0v) is 35.7. The molecule has 62 heavy (non-hydrogen) atoms. The molecule has 9 N–H and O–H groups in total. The maximum Gasteiger partial charge on any atom is 0.472 e. The minimum Gasteiger partial charge on any atom is -0.452 e. The molecule has 0 aromatic rings. The van der Waals surface area contributed by atoms with Crippen molar-refractivity contribution in [1.29, 1.82) is 0 Å². The van der Waals surface area contributed by atoms with Gasteiger partial charge < -0.3 is 53.9 Å². The number of phosphoric ester groups is 4. The Labute approximate surface area is 394 Å². The molecule has 0 amide bonds. The van der Waals surface area contributed by atoms with Crippen LogP contribution in [0.1, 0.15) is 46.7 Å². The van der Waals surface area contributed by atoms with Crippen LogP contribution in [-0.2, 0) is 59.9 Å². The lowest BCUT2D eigenvalue weighted by Gasteiger charge is -2.45. The Hall–Kier alpha value is -5.19. The number of hydrogen-bond acceptors (Lipinski definition) is 15. The SMILES string of the molecule is CC#CC#CC#CC#CC#CC#CC(=O)O[C@H](COC(=O)C#CC#CC#CC#CC#CC)COP(=O)(O)OC1C(O)[C@@H](OP(=O)(O)O)C(OP(=O)(O)O)[C@@H](OP(=O)(O)O)[C@H]1O.S.[HH].[HH].[HH].[HH].[HH].[HH].[HH].[HH].[HH].[HH].[HH].[HH].[HH].[HH].[HH].[HH].[HH].[HH].[HH].[HH].[HH].[HH].[HH]. The van der Waals surface area contributed by atoms with Crippen molar-refractivity contribution in [3.8, 4) is 130 Å². The van der Waals surface area contributed by atoms with Crippen LogP contribution < -0.4 is 0 Å². The quantitative estimate of drug-likeness (QED) is 0.0523. The van der Waals surface area contributed by atoms with Gasteiger partial charge in [0.1, 0.15) is 43.2 Å². The maximum absolute atomic E-state index is 13.0. The van der Waals surface area contributed by atoms with Crippen LogP contribution in [0.5, 0.6) is 0 Å². The molecule has 0 saturated heterocycles. The molecule has 1 rings (SSSR count). The van der Waals surface area contributed by atoms with E-state index in [0.717, 1.165) is 0 Å². The van der Waals surface area contributed by atoms with E-state index in [9.17, 15) is 72.3 Å². The molecule has 0 aromatic carbocycles. The third kappa shape index (κ3) is 26.2. The fourth-order valence-electron chi connectivity index (χ4n) is 3.71. The fourth-order valence-corrected chi connectivity index (χ4v) is 6.36. The number of carbonyl (C=O) groups is 2. The molecule has 0 aliphatic heterocycles. The summed E-state index contributed by atoms with van der Waals surface area (Å²) in [4.78, 5) is 90.9. The first-order chi connectivity index (χ1) is 28.5.